The lowest BCUT2D eigenvalue weighted by atomic mass is 10.2. The van der Waals surface area contributed by atoms with Crippen molar-refractivity contribution in [2.24, 2.45) is 5.84 Å². The molecule has 96 valence electrons. The van der Waals surface area contributed by atoms with Gasteiger partial charge in [0.1, 0.15) is 5.76 Å². The van der Waals surface area contributed by atoms with Gasteiger partial charge in [-0.15, -0.1) is 11.8 Å². The predicted molar refractivity (Wildman–Crippen MR) is 78.4 cm³/mol. The van der Waals surface area contributed by atoms with Crippen LogP contribution in [0.4, 0.5) is 0 Å². The van der Waals surface area contributed by atoms with E-state index in [4.69, 9.17) is 10.3 Å². The van der Waals surface area contributed by atoms with E-state index in [1.165, 1.54) is 10.5 Å². The van der Waals surface area contributed by atoms with E-state index in [1.54, 1.807) is 18.0 Å². The Labute approximate surface area is 119 Å². The third-order valence-corrected chi connectivity index (χ3v) is 4.36. The second-order valence-electron chi connectivity index (χ2n) is 3.98. The first-order valence-electron chi connectivity index (χ1n) is 5.59. The lowest BCUT2D eigenvalue weighted by molar-refractivity contribution is 0.438. The van der Waals surface area contributed by atoms with Gasteiger partial charge in [0.2, 0.25) is 0 Å². The van der Waals surface area contributed by atoms with Crippen molar-refractivity contribution in [3.05, 3.63) is 52.4 Å². The SMILES string of the molecule is Cc1ccc(SCC(NN)c2occc2Br)cc1. The molecule has 3 N–H and O–H groups in total. The highest BCUT2D eigenvalue weighted by atomic mass is 79.9. The Balaban J connectivity index is 2.00. The van der Waals surface area contributed by atoms with Crippen LogP contribution < -0.4 is 11.3 Å². The van der Waals surface area contributed by atoms with Gasteiger partial charge in [0.25, 0.3) is 0 Å². The molecule has 3 nitrogen and oxygen atoms in total. The van der Waals surface area contributed by atoms with Crippen molar-refractivity contribution >= 4 is 27.7 Å². The summed E-state index contributed by atoms with van der Waals surface area (Å²) in [5.74, 6) is 7.22. The molecule has 0 saturated carbocycles. The van der Waals surface area contributed by atoms with E-state index in [-0.39, 0.29) is 6.04 Å². The van der Waals surface area contributed by atoms with Gasteiger partial charge in [-0.1, -0.05) is 17.7 Å². The van der Waals surface area contributed by atoms with Crippen LogP contribution in [0.15, 0.2) is 50.4 Å². The second kappa shape index (κ2) is 6.43. The van der Waals surface area contributed by atoms with Crippen molar-refractivity contribution in [1.82, 2.24) is 5.43 Å². The number of hydrazine groups is 1. The Morgan fingerprint density at radius 2 is 2.06 bits per heavy atom. The number of aryl methyl sites for hydroxylation is 1. The van der Waals surface area contributed by atoms with Crippen LogP contribution in [0.1, 0.15) is 17.4 Å². The zero-order chi connectivity index (χ0) is 13.0. The quantitative estimate of drug-likeness (QED) is 0.500. The van der Waals surface area contributed by atoms with Gasteiger partial charge in [-0.2, -0.15) is 0 Å². The summed E-state index contributed by atoms with van der Waals surface area (Å²) in [7, 11) is 0. The van der Waals surface area contributed by atoms with E-state index in [1.807, 2.05) is 6.07 Å². The number of nitrogens with one attached hydrogen (secondary N) is 1. The summed E-state index contributed by atoms with van der Waals surface area (Å²) in [5.41, 5.74) is 4.05. The summed E-state index contributed by atoms with van der Waals surface area (Å²) in [6.07, 6.45) is 1.65. The minimum Gasteiger partial charge on any atom is -0.466 e. The van der Waals surface area contributed by atoms with E-state index in [0.29, 0.717) is 0 Å². The molecule has 0 radical (unpaired) electrons. The highest BCUT2D eigenvalue weighted by molar-refractivity contribution is 9.10. The molecule has 0 aliphatic heterocycles. The fraction of sp³-hybridized carbons (Fsp3) is 0.231. The largest absolute Gasteiger partial charge is 0.466 e. The molecule has 0 fully saturated rings. The molecule has 0 spiro atoms. The monoisotopic (exact) mass is 326 g/mol. The van der Waals surface area contributed by atoms with Crippen molar-refractivity contribution in [3.8, 4) is 0 Å². The summed E-state index contributed by atoms with van der Waals surface area (Å²) in [6, 6.07) is 10.3. The lowest BCUT2D eigenvalue weighted by Crippen LogP contribution is -2.29. The van der Waals surface area contributed by atoms with Crippen molar-refractivity contribution in [3.63, 3.8) is 0 Å². The Morgan fingerprint density at radius 1 is 1.33 bits per heavy atom. The first-order chi connectivity index (χ1) is 8.70. The molecular formula is C13H15BrN2OS. The van der Waals surface area contributed by atoms with E-state index >= 15 is 0 Å². The summed E-state index contributed by atoms with van der Waals surface area (Å²) in [5, 5.41) is 0. The maximum atomic E-state index is 5.58. The van der Waals surface area contributed by atoms with Crippen LogP contribution in [0, 0.1) is 6.92 Å². The Kier molecular flexibility index (Phi) is 4.88. The molecule has 0 aliphatic rings. The number of thioether (sulfide) groups is 1. The van der Waals surface area contributed by atoms with Crippen LogP contribution >= 0.6 is 27.7 Å². The van der Waals surface area contributed by atoms with Gasteiger partial charge in [-0.25, -0.2) is 5.43 Å². The smallest absolute Gasteiger partial charge is 0.137 e. The van der Waals surface area contributed by atoms with Crippen molar-refractivity contribution < 1.29 is 4.42 Å². The molecule has 5 heteroatoms. The Hall–Kier alpha value is -0.750. The minimum absolute atomic E-state index is 0.0133. The second-order valence-corrected chi connectivity index (χ2v) is 5.92. The number of nitrogens with two attached hydrogens (primary N) is 1. The van der Waals surface area contributed by atoms with Gasteiger partial charge in [0, 0.05) is 10.6 Å². The number of rotatable bonds is 5. The third kappa shape index (κ3) is 3.38. The van der Waals surface area contributed by atoms with Crippen molar-refractivity contribution in [2.75, 3.05) is 5.75 Å². The number of benzene rings is 1. The van der Waals surface area contributed by atoms with Crippen LogP contribution in [0.5, 0.6) is 0 Å². The van der Waals surface area contributed by atoms with E-state index in [9.17, 15) is 0 Å². The van der Waals surface area contributed by atoms with Crippen LogP contribution in [0.2, 0.25) is 0 Å². The highest BCUT2D eigenvalue weighted by Gasteiger charge is 2.16. The van der Waals surface area contributed by atoms with Gasteiger partial charge < -0.3 is 4.42 Å². The van der Waals surface area contributed by atoms with E-state index in [2.05, 4.69) is 52.5 Å². The average Bonchev–Trinajstić information content (AvgIpc) is 2.79. The van der Waals surface area contributed by atoms with Crippen LogP contribution in [-0.2, 0) is 0 Å². The molecule has 1 aromatic carbocycles. The number of halogens is 1. The number of hydrogen-bond acceptors (Lipinski definition) is 4. The van der Waals surface area contributed by atoms with Crippen molar-refractivity contribution in [1.29, 1.82) is 0 Å². The van der Waals surface area contributed by atoms with E-state index in [0.717, 1.165) is 16.0 Å². The molecule has 0 saturated heterocycles. The Bertz CT molecular complexity index is 498. The van der Waals surface area contributed by atoms with E-state index < -0.39 is 0 Å². The van der Waals surface area contributed by atoms with Gasteiger partial charge in [-0.05, 0) is 41.1 Å². The fourth-order valence-electron chi connectivity index (χ4n) is 1.57. The van der Waals surface area contributed by atoms with Crippen LogP contribution in [0.3, 0.4) is 0 Å². The molecule has 0 aliphatic carbocycles. The predicted octanol–water partition coefficient (Wildman–Crippen LogP) is 3.65. The van der Waals surface area contributed by atoms with Crippen LogP contribution in [-0.4, -0.2) is 5.75 Å². The van der Waals surface area contributed by atoms with Crippen molar-refractivity contribution in [2.45, 2.75) is 17.9 Å². The summed E-state index contributed by atoms with van der Waals surface area (Å²) < 4.78 is 6.36. The molecule has 2 aromatic rings. The summed E-state index contributed by atoms with van der Waals surface area (Å²) in [4.78, 5) is 1.23. The molecule has 1 aromatic heterocycles. The maximum Gasteiger partial charge on any atom is 0.137 e. The Morgan fingerprint density at radius 3 is 2.61 bits per heavy atom. The molecule has 0 amide bonds. The fourth-order valence-corrected chi connectivity index (χ4v) is 2.98. The summed E-state index contributed by atoms with van der Waals surface area (Å²) in [6.45, 7) is 2.08. The zero-order valence-corrected chi connectivity index (χ0v) is 12.4. The zero-order valence-electron chi connectivity index (χ0n) is 10.0. The molecule has 1 atom stereocenters. The normalized spacial score (nSPS) is 12.6. The molecule has 1 unspecified atom stereocenters. The topological polar surface area (TPSA) is 51.2 Å². The van der Waals surface area contributed by atoms with Gasteiger partial charge >= 0.3 is 0 Å². The molecule has 1 heterocycles. The molecule has 2 rings (SSSR count). The lowest BCUT2D eigenvalue weighted by Gasteiger charge is -2.13. The molecular weight excluding hydrogens is 312 g/mol. The summed E-state index contributed by atoms with van der Waals surface area (Å²) >= 11 is 5.19. The highest BCUT2D eigenvalue weighted by Crippen LogP contribution is 2.29. The minimum atomic E-state index is -0.0133. The molecule has 0 bridgehead atoms. The first-order valence-corrected chi connectivity index (χ1v) is 7.37. The maximum absolute atomic E-state index is 5.58. The van der Waals surface area contributed by atoms with Gasteiger partial charge in [-0.3, -0.25) is 5.84 Å². The van der Waals surface area contributed by atoms with Crippen LogP contribution in [0.25, 0.3) is 0 Å². The molecule has 18 heavy (non-hydrogen) atoms. The van der Waals surface area contributed by atoms with Gasteiger partial charge in [0.05, 0.1) is 16.8 Å². The average molecular weight is 327 g/mol. The third-order valence-electron chi connectivity index (χ3n) is 2.60. The first kappa shape index (κ1) is 13.7. The van der Waals surface area contributed by atoms with Gasteiger partial charge in [0.15, 0.2) is 0 Å². The number of furan rings is 1. The number of hydrogen-bond donors (Lipinski definition) is 2. The standard InChI is InChI=1S/C13H15BrN2OS/c1-9-2-4-10(5-3-9)18-8-12(16-15)13-11(14)6-7-17-13/h2-7,12,16H,8,15H2,1H3.